The smallest absolute Gasteiger partial charge is 0.226 e. The molecule has 24 heavy (non-hydrogen) atoms. The second-order valence-electron chi connectivity index (χ2n) is 6.23. The molecule has 0 radical (unpaired) electrons. The van der Waals surface area contributed by atoms with Gasteiger partial charge in [0.15, 0.2) is 0 Å². The van der Waals surface area contributed by atoms with Gasteiger partial charge in [-0.05, 0) is 36.1 Å². The van der Waals surface area contributed by atoms with Crippen LogP contribution in [0.4, 0.5) is 5.82 Å². The molecule has 0 fully saturated rings. The molecule has 1 amide bonds. The first kappa shape index (κ1) is 14.6. The lowest BCUT2D eigenvalue weighted by atomic mass is 9.83. The maximum atomic E-state index is 12.0. The molecule has 2 N–H and O–H groups in total. The maximum Gasteiger partial charge on any atom is 0.226 e. The second kappa shape index (κ2) is 5.59. The van der Waals surface area contributed by atoms with E-state index in [1.54, 1.807) is 17.2 Å². The number of aryl methyl sites for hydroxylation is 2. The van der Waals surface area contributed by atoms with Crippen LogP contribution in [0, 0.1) is 13.8 Å². The number of aromatic amines is 1. The number of carbonyl (C=O) groups excluding carboxylic acids is 1. The van der Waals surface area contributed by atoms with Crippen LogP contribution in [0.15, 0.2) is 31.0 Å². The van der Waals surface area contributed by atoms with Crippen molar-refractivity contribution >= 4 is 11.7 Å². The van der Waals surface area contributed by atoms with E-state index in [-0.39, 0.29) is 11.8 Å². The predicted octanol–water partition coefficient (Wildman–Crippen LogP) is 2.14. The molecule has 7 nitrogen and oxygen atoms in total. The van der Waals surface area contributed by atoms with Gasteiger partial charge in [0.2, 0.25) is 5.91 Å². The summed E-state index contributed by atoms with van der Waals surface area (Å²) in [5.41, 5.74) is 5.76. The summed E-state index contributed by atoms with van der Waals surface area (Å²) in [6.45, 7) is 4.85. The SMILES string of the molecule is Cc1cc(C)c(C2CC(=O)Nc3[nH]ncc32)cc1Cn1cncn1. The van der Waals surface area contributed by atoms with E-state index in [0.29, 0.717) is 18.8 Å². The van der Waals surface area contributed by atoms with Crippen molar-refractivity contribution in [3.63, 3.8) is 0 Å². The zero-order valence-corrected chi connectivity index (χ0v) is 13.6. The summed E-state index contributed by atoms with van der Waals surface area (Å²) in [4.78, 5) is 16.0. The third-order valence-corrected chi connectivity index (χ3v) is 4.60. The van der Waals surface area contributed by atoms with Gasteiger partial charge in [0.1, 0.15) is 18.5 Å². The van der Waals surface area contributed by atoms with E-state index in [4.69, 9.17) is 0 Å². The topological polar surface area (TPSA) is 88.5 Å². The highest BCUT2D eigenvalue weighted by Crippen LogP contribution is 2.38. The highest BCUT2D eigenvalue weighted by Gasteiger charge is 2.29. The van der Waals surface area contributed by atoms with Crippen LogP contribution >= 0.6 is 0 Å². The second-order valence-corrected chi connectivity index (χ2v) is 6.23. The number of nitrogens with zero attached hydrogens (tertiary/aromatic N) is 4. The minimum Gasteiger partial charge on any atom is -0.311 e. The van der Waals surface area contributed by atoms with Crippen LogP contribution in [0.25, 0.3) is 0 Å². The number of H-pyrrole nitrogens is 1. The maximum absolute atomic E-state index is 12.0. The standard InChI is InChI=1S/C17H18N6O/c1-10-3-11(2)13(4-12(10)7-23-9-18-8-20-23)14-5-16(24)21-17-15(14)6-19-22-17/h3-4,6,8-9,14H,5,7H2,1-2H3,(H2,19,21,22,24). The highest BCUT2D eigenvalue weighted by atomic mass is 16.1. The zero-order valence-electron chi connectivity index (χ0n) is 13.6. The lowest BCUT2D eigenvalue weighted by Gasteiger charge is -2.25. The number of hydrogen-bond acceptors (Lipinski definition) is 4. The molecule has 0 saturated carbocycles. The fraction of sp³-hybridized carbons (Fsp3) is 0.294. The summed E-state index contributed by atoms with van der Waals surface area (Å²) < 4.78 is 1.80. The number of hydrogen-bond donors (Lipinski definition) is 2. The van der Waals surface area contributed by atoms with Crippen LogP contribution in [-0.2, 0) is 11.3 Å². The predicted molar refractivity (Wildman–Crippen MR) is 88.7 cm³/mol. The van der Waals surface area contributed by atoms with Crippen molar-refractivity contribution in [2.45, 2.75) is 32.7 Å². The van der Waals surface area contributed by atoms with Gasteiger partial charge in [-0.3, -0.25) is 9.89 Å². The summed E-state index contributed by atoms with van der Waals surface area (Å²) in [6, 6.07) is 4.36. The van der Waals surface area contributed by atoms with Crippen LogP contribution in [0.1, 0.15) is 40.2 Å². The van der Waals surface area contributed by atoms with Gasteiger partial charge in [-0.15, -0.1) is 0 Å². The molecule has 1 aliphatic rings. The Morgan fingerprint density at radius 2 is 2.12 bits per heavy atom. The summed E-state index contributed by atoms with van der Waals surface area (Å²) in [5.74, 6) is 0.728. The van der Waals surface area contributed by atoms with Crippen molar-refractivity contribution in [1.82, 2.24) is 25.0 Å². The number of anilines is 1. The van der Waals surface area contributed by atoms with E-state index in [9.17, 15) is 4.79 Å². The minimum absolute atomic E-state index is 0.00884. The largest absolute Gasteiger partial charge is 0.311 e. The number of benzene rings is 1. The van der Waals surface area contributed by atoms with Crippen molar-refractivity contribution in [2.24, 2.45) is 0 Å². The van der Waals surface area contributed by atoms with Gasteiger partial charge in [0.25, 0.3) is 0 Å². The Hall–Kier alpha value is -2.96. The van der Waals surface area contributed by atoms with Crippen molar-refractivity contribution in [1.29, 1.82) is 0 Å². The number of carbonyl (C=O) groups is 1. The molecule has 4 rings (SSSR count). The number of rotatable bonds is 3. The Morgan fingerprint density at radius 3 is 2.92 bits per heavy atom. The lowest BCUT2D eigenvalue weighted by molar-refractivity contribution is -0.116. The lowest BCUT2D eigenvalue weighted by Crippen LogP contribution is -2.23. The zero-order chi connectivity index (χ0) is 16.7. The summed E-state index contributed by atoms with van der Waals surface area (Å²) in [5, 5.41) is 14.0. The fourth-order valence-electron chi connectivity index (χ4n) is 3.37. The van der Waals surface area contributed by atoms with Crippen molar-refractivity contribution in [3.05, 3.63) is 58.8 Å². The van der Waals surface area contributed by atoms with E-state index >= 15 is 0 Å². The van der Waals surface area contributed by atoms with E-state index in [1.165, 1.54) is 23.0 Å². The molecule has 0 aliphatic carbocycles. The van der Waals surface area contributed by atoms with Gasteiger partial charge in [0.05, 0.1) is 12.7 Å². The molecule has 122 valence electrons. The van der Waals surface area contributed by atoms with Gasteiger partial charge in [-0.1, -0.05) is 12.1 Å². The molecule has 0 saturated heterocycles. The summed E-state index contributed by atoms with van der Waals surface area (Å²) in [6.07, 6.45) is 5.48. The molecule has 1 aliphatic heterocycles. The van der Waals surface area contributed by atoms with Gasteiger partial charge in [-0.25, -0.2) is 9.67 Å². The Labute approximate surface area is 139 Å². The first-order valence-corrected chi connectivity index (χ1v) is 7.87. The minimum atomic E-state index is 0.00884. The van der Waals surface area contributed by atoms with Crippen LogP contribution in [-0.4, -0.2) is 30.9 Å². The molecule has 1 atom stereocenters. The van der Waals surface area contributed by atoms with Crippen LogP contribution < -0.4 is 5.32 Å². The molecule has 3 aromatic rings. The highest BCUT2D eigenvalue weighted by molar-refractivity contribution is 5.94. The third-order valence-electron chi connectivity index (χ3n) is 4.60. The Bertz CT molecular complexity index is 896. The average Bonchev–Trinajstić information content (AvgIpc) is 3.20. The van der Waals surface area contributed by atoms with Crippen LogP contribution in [0.2, 0.25) is 0 Å². The van der Waals surface area contributed by atoms with Gasteiger partial charge >= 0.3 is 0 Å². The quantitative estimate of drug-likeness (QED) is 0.773. The number of amides is 1. The number of aromatic nitrogens is 5. The molecule has 2 aromatic heterocycles. The van der Waals surface area contributed by atoms with Gasteiger partial charge in [-0.2, -0.15) is 10.2 Å². The Balaban J connectivity index is 1.77. The number of fused-ring (bicyclic) bond motifs is 1. The van der Waals surface area contributed by atoms with E-state index < -0.39 is 0 Å². The Kier molecular flexibility index (Phi) is 3.41. The van der Waals surface area contributed by atoms with Crippen LogP contribution in [0.5, 0.6) is 0 Å². The normalized spacial score (nSPS) is 16.8. The van der Waals surface area contributed by atoms with E-state index in [0.717, 1.165) is 11.1 Å². The van der Waals surface area contributed by atoms with E-state index in [1.807, 2.05) is 0 Å². The molecule has 0 bridgehead atoms. The molecular formula is C17H18N6O. The Morgan fingerprint density at radius 1 is 1.25 bits per heavy atom. The average molecular weight is 322 g/mol. The van der Waals surface area contributed by atoms with Gasteiger partial charge < -0.3 is 5.32 Å². The fourth-order valence-corrected chi connectivity index (χ4v) is 3.37. The summed E-state index contributed by atoms with van der Waals surface area (Å²) >= 11 is 0. The number of nitrogens with one attached hydrogen (secondary N) is 2. The van der Waals surface area contributed by atoms with Crippen molar-refractivity contribution in [2.75, 3.05) is 5.32 Å². The third kappa shape index (κ3) is 2.47. The van der Waals surface area contributed by atoms with Gasteiger partial charge in [0, 0.05) is 17.9 Å². The van der Waals surface area contributed by atoms with Crippen molar-refractivity contribution in [3.8, 4) is 0 Å². The molecule has 0 spiro atoms. The molecular weight excluding hydrogens is 304 g/mol. The molecule has 3 heterocycles. The van der Waals surface area contributed by atoms with Crippen LogP contribution in [0.3, 0.4) is 0 Å². The first-order chi connectivity index (χ1) is 11.6. The monoisotopic (exact) mass is 322 g/mol. The van der Waals surface area contributed by atoms with E-state index in [2.05, 4.69) is 51.6 Å². The molecule has 1 unspecified atom stereocenters. The summed E-state index contributed by atoms with van der Waals surface area (Å²) in [7, 11) is 0. The van der Waals surface area contributed by atoms with Crippen molar-refractivity contribution < 1.29 is 4.79 Å². The first-order valence-electron chi connectivity index (χ1n) is 7.87. The molecule has 7 heteroatoms. The molecule has 1 aromatic carbocycles.